The highest BCUT2D eigenvalue weighted by Crippen LogP contribution is 2.23. The van der Waals surface area contributed by atoms with Gasteiger partial charge in [0.25, 0.3) is 5.91 Å². The lowest BCUT2D eigenvalue weighted by molar-refractivity contribution is 0.102. The Morgan fingerprint density at radius 1 is 1.33 bits per heavy atom. The fourth-order valence-electron chi connectivity index (χ4n) is 1.71. The van der Waals surface area contributed by atoms with Crippen molar-refractivity contribution in [1.29, 1.82) is 0 Å². The Labute approximate surface area is 126 Å². The van der Waals surface area contributed by atoms with E-state index in [4.69, 9.17) is 16.3 Å². The van der Waals surface area contributed by atoms with Gasteiger partial charge in [-0.2, -0.15) is 0 Å². The minimum atomic E-state index is -0.410. The number of hydrogen-bond donors (Lipinski definition) is 2. The van der Waals surface area contributed by atoms with Crippen molar-refractivity contribution in [1.82, 2.24) is 10.2 Å². The van der Waals surface area contributed by atoms with Crippen LogP contribution >= 0.6 is 11.6 Å². The smallest absolute Gasteiger partial charge is 0.276 e. The predicted octanol–water partition coefficient (Wildman–Crippen LogP) is 2.27. The number of nitrogens with zero attached hydrogens (tertiary/aromatic N) is 2. The maximum Gasteiger partial charge on any atom is 0.276 e. The Kier molecular flexibility index (Phi) is 5.08. The van der Waals surface area contributed by atoms with Crippen LogP contribution in [0.25, 0.3) is 0 Å². The van der Waals surface area contributed by atoms with E-state index >= 15 is 0 Å². The second kappa shape index (κ2) is 7.01. The number of carbonyl (C=O) groups is 1. The molecule has 6 nitrogen and oxygen atoms in total. The van der Waals surface area contributed by atoms with Gasteiger partial charge in [0, 0.05) is 11.3 Å². The molecule has 110 valence electrons. The summed E-state index contributed by atoms with van der Waals surface area (Å²) in [6.45, 7) is 2.18. The van der Waals surface area contributed by atoms with Crippen LogP contribution in [-0.4, -0.2) is 27.8 Å². The Morgan fingerprint density at radius 2 is 2.14 bits per heavy atom. The van der Waals surface area contributed by atoms with E-state index in [1.165, 1.54) is 12.1 Å². The van der Waals surface area contributed by atoms with Gasteiger partial charge in [-0.05, 0) is 37.3 Å². The zero-order valence-corrected chi connectivity index (χ0v) is 12.1. The van der Waals surface area contributed by atoms with Crippen LogP contribution in [0.2, 0.25) is 5.15 Å². The highest BCUT2D eigenvalue weighted by atomic mass is 35.5. The Morgan fingerprint density at radius 3 is 2.76 bits per heavy atom. The summed E-state index contributed by atoms with van der Waals surface area (Å²) >= 11 is 5.62. The van der Waals surface area contributed by atoms with E-state index in [9.17, 15) is 9.90 Å². The zero-order valence-electron chi connectivity index (χ0n) is 11.3. The zero-order chi connectivity index (χ0) is 15.2. The van der Waals surface area contributed by atoms with Crippen molar-refractivity contribution in [2.75, 3.05) is 11.9 Å². The number of amides is 1. The largest absolute Gasteiger partial charge is 0.494 e. The molecule has 0 saturated carbocycles. The van der Waals surface area contributed by atoms with E-state index in [1.807, 2.05) is 6.92 Å². The Balaban J connectivity index is 2.15. The van der Waals surface area contributed by atoms with Crippen molar-refractivity contribution < 1.29 is 14.6 Å². The molecule has 0 aliphatic heterocycles. The second-order valence-electron chi connectivity index (χ2n) is 4.11. The van der Waals surface area contributed by atoms with Gasteiger partial charge in [0.15, 0.2) is 10.8 Å². The maximum absolute atomic E-state index is 12.0. The molecule has 0 fully saturated rings. The van der Waals surface area contributed by atoms with Gasteiger partial charge in [0.2, 0.25) is 0 Å². The lowest BCUT2D eigenvalue weighted by Gasteiger charge is -2.11. The number of carbonyl (C=O) groups excluding carboxylic acids is 1. The minimum Gasteiger partial charge on any atom is -0.494 e. The number of ether oxygens (including phenoxy) is 1. The van der Waals surface area contributed by atoms with Crippen molar-refractivity contribution in [3.05, 3.63) is 46.7 Å². The average Bonchev–Trinajstić information content (AvgIpc) is 2.49. The van der Waals surface area contributed by atoms with Gasteiger partial charge < -0.3 is 15.2 Å². The molecule has 0 spiro atoms. The Hall–Kier alpha value is -2.18. The molecule has 1 aromatic heterocycles. The van der Waals surface area contributed by atoms with Crippen LogP contribution in [0.15, 0.2) is 30.3 Å². The molecule has 2 N–H and O–H groups in total. The first-order chi connectivity index (χ1) is 10.1. The summed E-state index contributed by atoms with van der Waals surface area (Å²) in [5.74, 6) is 0.177. The number of aliphatic hydroxyl groups is 1. The Bertz CT molecular complexity index is 632. The molecule has 0 unspecified atom stereocenters. The van der Waals surface area contributed by atoms with E-state index in [0.717, 1.165) is 0 Å². The molecular formula is C14H14ClN3O3. The summed E-state index contributed by atoms with van der Waals surface area (Å²) in [7, 11) is 0. The van der Waals surface area contributed by atoms with E-state index < -0.39 is 5.91 Å². The topological polar surface area (TPSA) is 84.3 Å². The van der Waals surface area contributed by atoms with Crippen molar-refractivity contribution in [3.8, 4) is 5.75 Å². The van der Waals surface area contributed by atoms with Crippen LogP contribution in [0.5, 0.6) is 5.75 Å². The molecule has 0 bridgehead atoms. The van der Waals surface area contributed by atoms with Gasteiger partial charge in [0.05, 0.1) is 13.2 Å². The minimum absolute atomic E-state index is 0.152. The highest BCUT2D eigenvalue weighted by molar-refractivity contribution is 6.29. The van der Waals surface area contributed by atoms with Crippen LogP contribution in [0.3, 0.4) is 0 Å². The van der Waals surface area contributed by atoms with Gasteiger partial charge in [-0.25, -0.2) is 0 Å². The molecule has 0 aliphatic carbocycles. The molecule has 0 radical (unpaired) electrons. The monoisotopic (exact) mass is 307 g/mol. The van der Waals surface area contributed by atoms with E-state index in [2.05, 4.69) is 15.5 Å². The van der Waals surface area contributed by atoms with Crippen LogP contribution in [0, 0.1) is 0 Å². The molecule has 2 rings (SSSR count). The van der Waals surface area contributed by atoms with Crippen molar-refractivity contribution in [3.63, 3.8) is 0 Å². The van der Waals surface area contributed by atoms with Crippen LogP contribution in [0.4, 0.5) is 5.69 Å². The number of hydrogen-bond acceptors (Lipinski definition) is 5. The fraction of sp³-hybridized carbons (Fsp3) is 0.214. The summed E-state index contributed by atoms with van der Waals surface area (Å²) < 4.78 is 5.38. The third kappa shape index (κ3) is 3.90. The summed E-state index contributed by atoms with van der Waals surface area (Å²) in [4.78, 5) is 12.0. The summed E-state index contributed by atoms with van der Waals surface area (Å²) in [5, 5.41) is 19.5. The first kappa shape index (κ1) is 15.2. The van der Waals surface area contributed by atoms with Gasteiger partial charge >= 0.3 is 0 Å². The first-order valence-corrected chi connectivity index (χ1v) is 6.69. The van der Waals surface area contributed by atoms with Gasteiger partial charge in [-0.3, -0.25) is 4.79 Å². The molecule has 2 aromatic rings. The molecule has 1 heterocycles. The molecule has 0 saturated heterocycles. The number of nitrogens with one attached hydrogen (secondary N) is 1. The second-order valence-corrected chi connectivity index (χ2v) is 4.50. The quantitative estimate of drug-likeness (QED) is 0.885. The highest BCUT2D eigenvalue weighted by Gasteiger charge is 2.10. The van der Waals surface area contributed by atoms with E-state index in [1.54, 1.807) is 18.2 Å². The number of aromatic nitrogens is 2. The lowest BCUT2D eigenvalue weighted by atomic mass is 10.2. The molecule has 1 amide bonds. The fourth-order valence-corrected chi connectivity index (χ4v) is 1.81. The standard InChI is InChI=1S/C14H14ClN3O3/c1-2-21-12-5-3-10(7-9(12)8-19)16-14(20)11-4-6-13(15)18-17-11/h3-7,19H,2,8H2,1H3,(H,16,20). The van der Waals surface area contributed by atoms with E-state index in [0.29, 0.717) is 23.6 Å². The van der Waals surface area contributed by atoms with Gasteiger partial charge in [-0.1, -0.05) is 11.6 Å². The van der Waals surface area contributed by atoms with Gasteiger partial charge in [0.1, 0.15) is 5.75 Å². The SMILES string of the molecule is CCOc1ccc(NC(=O)c2ccc(Cl)nn2)cc1CO. The van der Waals surface area contributed by atoms with Crippen molar-refractivity contribution in [2.45, 2.75) is 13.5 Å². The van der Waals surface area contributed by atoms with Crippen molar-refractivity contribution in [2.24, 2.45) is 0 Å². The predicted molar refractivity (Wildman–Crippen MR) is 78.5 cm³/mol. The number of anilines is 1. The van der Waals surface area contributed by atoms with Crippen molar-refractivity contribution >= 4 is 23.2 Å². The van der Waals surface area contributed by atoms with Crippen LogP contribution in [-0.2, 0) is 6.61 Å². The summed E-state index contributed by atoms with van der Waals surface area (Å²) in [6.07, 6.45) is 0. The lowest BCUT2D eigenvalue weighted by Crippen LogP contribution is -2.14. The van der Waals surface area contributed by atoms with Crippen LogP contribution < -0.4 is 10.1 Å². The maximum atomic E-state index is 12.0. The van der Waals surface area contributed by atoms with E-state index in [-0.39, 0.29) is 17.5 Å². The molecule has 0 atom stereocenters. The third-order valence-corrected chi connectivity index (χ3v) is 2.85. The van der Waals surface area contributed by atoms with Gasteiger partial charge in [-0.15, -0.1) is 10.2 Å². The number of rotatable bonds is 5. The number of halogens is 1. The molecule has 1 aromatic carbocycles. The van der Waals surface area contributed by atoms with Crippen LogP contribution in [0.1, 0.15) is 23.0 Å². The molecular weight excluding hydrogens is 294 g/mol. The summed E-state index contributed by atoms with van der Waals surface area (Å²) in [5.41, 5.74) is 1.28. The summed E-state index contributed by atoms with van der Waals surface area (Å²) in [6, 6.07) is 7.99. The normalized spacial score (nSPS) is 10.2. The molecule has 7 heteroatoms. The third-order valence-electron chi connectivity index (χ3n) is 2.65. The number of aliphatic hydroxyl groups excluding tert-OH is 1. The number of benzene rings is 1. The first-order valence-electron chi connectivity index (χ1n) is 6.31. The average molecular weight is 308 g/mol. The molecule has 0 aliphatic rings. The molecule has 21 heavy (non-hydrogen) atoms.